The molecule has 1 atom stereocenters. The molecule has 0 unspecified atom stereocenters. The monoisotopic (exact) mass is 419 g/mol. The molecule has 0 aliphatic carbocycles. The Balaban J connectivity index is 1.52. The second kappa shape index (κ2) is 7.51. The molecule has 9 nitrogen and oxygen atoms in total. The summed E-state index contributed by atoms with van der Waals surface area (Å²) >= 11 is 0. The molecule has 2 fully saturated rings. The molecule has 4 aromatic rings. The number of hydrogen-bond donors (Lipinski definition) is 2. The number of hydrogen-bond acceptors (Lipinski definition) is 7. The van der Waals surface area contributed by atoms with Gasteiger partial charge in [-0.05, 0) is 19.1 Å². The summed E-state index contributed by atoms with van der Waals surface area (Å²) in [7, 11) is 0. The predicted molar refractivity (Wildman–Crippen MR) is 120 cm³/mol. The number of morpholine rings is 2. The van der Waals surface area contributed by atoms with Gasteiger partial charge < -0.3 is 29.2 Å². The van der Waals surface area contributed by atoms with Crippen molar-refractivity contribution in [2.45, 2.75) is 13.0 Å². The summed E-state index contributed by atoms with van der Waals surface area (Å²) in [5.41, 5.74) is 3.69. The van der Waals surface area contributed by atoms with Crippen LogP contribution in [0.25, 0.3) is 33.5 Å². The van der Waals surface area contributed by atoms with Crippen LogP contribution in [0.5, 0.6) is 0 Å². The van der Waals surface area contributed by atoms with Crippen molar-refractivity contribution < 1.29 is 9.47 Å². The summed E-state index contributed by atoms with van der Waals surface area (Å²) in [4.78, 5) is 26.1. The Hall–Kier alpha value is -3.17. The second-order valence-electron chi connectivity index (χ2n) is 8.09. The first-order valence-electron chi connectivity index (χ1n) is 10.8. The van der Waals surface area contributed by atoms with Crippen LogP contribution in [0.1, 0.15) is 6.92 Å². The van der Waals surface area contributed by atoms with E-state index in [4.69, 9.17) is 24.4 Å². The first-order valence-corrected chi connectivity index (χ1v) is 10.8. The molecule has 0 bridgehead atoms. The number of fused-ring (bicyclic) bond motifs is 2. The van der Waals surface area contributed by atoms with Gasteiger partial charge in [-0.3, -0.25) is 0 Å². The van der Waals surface area contributed by atoms with Gasteiger partial charge in [0.2, 0.25) is 5.95 Å². The zero-order valence-corrected chi connectivity index (χ0v) is 17.5. The Morgan fingerprint density at radius 2 is 1.87 bits per heavy atom. The molecule has 9 heteroatoms. The van der Waals surface area contributed by atoms with Gasteiger partial charge in [-0.1, -0.05) is 12.1 Å². The molecular formula is C22H25N7O2. The molecule has 0 amide bonds. The van der Waals surface area contributed by atoms with E-state index in [1.54, 1.807) is 0 Å². The maximum atomic E-state index is 5.62. The quantitative estimate of drug-likeness (QED) is 0.527. The average molecular weight is 419 g/mol. The minimum atomic E-state index is 0.222. The summed E-state index contributed by atoms with van der Waals surface area (Å²) < 4.78 is 11.2. The Bertz CT molecular complexity index is 1230. The van der Waals surface area contributed by atoms with Crippen LogP contribution in [0.4, 0.5) is 11.8 Å². The maximum Gasteiger partial charge on any atom is 0.229 e. The van der Waals surface area contributed by atoms with Gasteiger partial charge in [0.25, 0.3) is 0 Å². The number of rotatable bonds is 3. The third-order valence-electron chi connectivity index (χ3n) is 6.10. The molecule has 2 aliphatic heterocycles. The lowest BCUT2D eigenvalue weighted by molar-refractivity contribution is 0.0981. The highest BCUT2D eigenvalue weighted by Gasteiger charge is 2.26. The SMILES string of the molecule is C[C@H]1COCCN1c1nc(N2CCOCC2)c2nc(-c3cccc4[nH]ccc34)[nH]c2n1. The van der Waals surface area contributed by atoms with Crippen LogP contribution in [0, 0.1) is 0 Å². The molecule has 2 N–H and O–H groups in total. The van der Waals surface area contributed by atoms with Gasteiger partial charge in [-0.15, -0.1) is 0 Å². The fourth-order valence-electron chi connectivity index (χ4n) is 4.44. The van der Waals surface area contributed by atoms with Crippen molar-refractivity contribution >= 4 is 33.8 Å². The highest BCUT2D eigenvalue weighted by Crippen LogP contribution is 2.32. The Morgan fingerprint density at radius 3 is 2.74 bits per heavy atom. The standard InChI is InChI=1S/C22H25N7O2/c1-14-13-31-12-9-29(14)22-26-20-18(21(27-22)28-7-10-30-11-8-28)24-19(25-20)16-3-2-4-17-15(16)5-6-23-17/h2-6,14,23H,7-13H2,1H3,(H,24,25,26,27)/t14-/m0/s1. The predicted octanol–water partition coefficient (Wildman–Crippen LogP) is 2.56. The lowest BCUT2D eigenvalue weighted by Gasteiger charge is -2.34. The molecule has 2 aliphatic rings. The van der Waals surface area contributed by atoms with Crippen molar-refractivity contribution in [2.24, 2.45) is 0 Å². The molecule has 0 radical (unpaired) electrons. The topological polar surface area (TPSA) is 95.2 Å². The van der Waals surface area contributed by atoms with Crippen LogP contribution >= 0.6 is 0 Å². The zero-order chi connectivity index (χ0) is 20.8. The minimum absolute atomic E-state index is 0.222. The van der Waals surface area contributed by atoms with Crippen LogP contribution in [-0.4, -0.2) is 77.0 Å². The fraction of sp³-hybridized carbons (Fsp3) is 0.409. The second-order valence-corrected chi connectivity index (χ2v) is 8.09. The van der Waals surface area contributed by atoms with Gasteiger partial charge in [0.15, 0.2) is 17.0 Å². The number of benzene rings is 1. The van der Waals surface area contributed by atoms with Gasteiger partial charge in [0.05, 0.1) is 32.5 Å². The number of H-pyrrole nitrogens is 2. The van der Waals surface area contributed by atoms with Crippen molar-refractivity contribution in [3.8, 4) is 11.4 Å². The van der Waals surface area contributed by atoms with E-state index in [1.165, 1.54) is 0 Å². The normalized spacial score (nSPS) is 20.1. The Labute approximate surface area is 179 Å². The van der Waals surface area contributed by atoms with Crippen LogP contribution in [-0.2, 0) is 9.47 Å². The molecule has 1 aromatic carbocycles. The average Bonchev–Trinajstić information content (AvgIpc) is 3.46. The molecule has 3 aromatic heterocycles. The number of ether oxygens (including phenoxy) is 2. The first-order chi connectivity index (χ1) is 15.3. The van der Waals surface area contributed by atoms with E-state index < -0.39 is 0 Å². The molecule has 5 heterocycles. The zero-order valence-electron chi connectivity index (χ0n) is 17.5. The van der Waals surface area contributed by atoms with E-state index in [0.717, 1.165) is 64.9 Å². The molecule has 2 saturated heterocycles. The van der Waals surface area contributed by atoms with Crippen molar-refractivity contribution in [2.75, 3.05) is 55.9 Å². The number of aromatic amines is 2. The van der Waals surface area contributed by atoms with E-state index in [9.17, 15) is 0 Å². The van der Waals surface area contributed by atoms with Crippen LogP contribution < -0.4 is 9.80 Å². The van der Waals surface area contributed by atoms with Gasteiger partial charge in [0.1, 0.15) is 5.82 Å². The third kappa shape index (κ3) is 3.21. The van der Waals surface area contributed by atoms with E-state index in [2.05, 4.69) is 44.9 Å². The van der Waals surface area contributed by atoms with E-state index in [-0.39, 0.29) is 6.04 Å². The van der Waals surface area contributed by atoms with Crippen LogP contribution in [0.15, 0.2) is 30.5 Å². The summed E-state index contributed by atoms with van der Waals surface area (Å²) in [6.45, 7) is 7.24. The number of imidazole rings is 1. The number of aromatic nitrogens is 5. The molecule has 160 valence electrons. The first kappa shape index (κ1) is 18.6. The number of nitrogens with zero attached hydrogens (tertiary/aromatic N) is 5. The smallest absolute Gasteiger partial charge is 0.229 e. The van der Waals surface area contributed by atoms with Crippen molar-refractivity contribution in [1.29, 1.82) is 0 Å². The lowest BCUT2D eigenvalue weighted by atomic mass is 10.1. The van der Waals surface area contributed by atoms with Gasteiger partial charge >= 0.3 is 0 Å². The molecule has 0 saturated carbocycles. The maximum absolute atomic E-state index is 5.62. The molecule has 0 spiro atoms. The molecule has 31 heavy (non-hydrogen) atoms. The van der Waals surface area contributed by atoms with Crippen molar-refractivity contribution in [3.63, 3.8) is 0 Å². The summed E-state index contributed by atoms with van der Waals surface area (Å²) in [5.74, 6) is 2.39. The van der Waals surface area contributed by atoms with Gasteiger partial charge in [-0.25, -0.2) is 4.98 Å². The van der Waals surface area contributed by atoms with E-state index in [0.29, 0.717) is 26.4 Å². The summed E-state index contributed by atoms with van der Waals surface area (Å²) in [5, 5.41) is 1.13. The van der Waals surface area contributed by atoms with E-state index in [1.807, 2.05) is 12.3 Å². The highest BCUT2D eigenvalue weighted by molar-refractivity contribution is 5.96. The largest absolute Gasteiger partial charge is 0.378 e. The fourth-order valence-corrected chi connectivity index (χ4v) is 4.44. The van der Waals surface area contributed by atoms with Crippen molar-refractivity contribution in [3.05, 3.63) is 30.5 Å². The molecular weight excluding hydrogens is 394 g/mol. The van der Waals surface area contributed by atoms with Gasteiger partial charge in [-0.2, -0.15) is 9.97 Å². The highest BCUT2D eigenvalue weighted by atomic mass is 16.5. The van der Waals surface area contributed by atoms with Crippen LogP contribution in [0.2, 0.25) is 0 Å². The lowest BCUT2D eigenvalue weighted by Crippen LogP contribution is -2.45. The summed E-state index contributed by atoms with van der Waals surface area (Å²) in [6.07, 6.45) is 1.95. The third-order valence-corrected chi connectivity index (χ3v) is 6.10. The van der Waals surface area contributed by atoms with Gasteiger partial charge in [0, 0.05) is 42.3 Å². The van der Waals surface area contributed by atoms with Crippen molar-refractivity contribution in [1.82, 2.24) is 24.9 Å². The summed E-state index contributed by atoms with van der Waals surface area (Å²) in [6, 6.07) is 8.49. The number of nitrogens with one attached hydrogen (secondary N) is 2. The Morgan fingerprint density at radius 1 is 1.00 bits per heavy atom. The van der Waals surface area contributed by atoms with E-state index >= 15 is 0 Å². The molecule has 6 rings (SSSR count). The number of anilines is 2. The Kier molecular flexibility index (Phi) is 4.50. The minimum Gasteiger partial charge on any atom is -0.378 e. The van der Waals surface area contributed by atoms with Crippen LogP contribution in [0.3, 0.4) is 0 Å².